The lowest BCUT2D eigenvalue weighted by Crippen LogP contribution is -2.27. The van der Waals surface area contributed by atoms with Crippen LogP contribution in [0.2, 0.25) is 0 Å². The highest BCUT2D eigenvalue weighted by atomic mass is 16.5. The van der Waals surface area contributed by atoms with Crippen molar-refractivity contribution in [3.8, 4) is 6.07 Å². The van der Waals surface area contributed by atoms with Gasteiger partial charge in [-0.1, -0.05) is 5.16 Å². The van der Waals surface area contributed by atoms with Crippen molar-refractivity contribution in [1.29, 1.82) is 5.26 Å². The van der Waals surface area contributed by atoms with Gasteiger partial charge >= 0.3 is 5.97 Å². The molecule has 8 nitrogen and oxygen atoms in total. The molecule has 0 spiro atoms. The van der Waals surface area contributed by atoms with Crippen LogP contribution in [0.5, 0.6) is 0 Å². The number of aliphatic hydroxyl groups is 1. The van der Waals surface area contributed by atoms with Gasteiger partial charge in [-0.3, -0.25) is 4.79 Å². The van der Waals surface area contributed by atoms with E-state index in [0.717, 1.165) is 0 Å². The number of amides is 1. The number of carbonyl (C=O) groups is 2. The van der Waals surface area contributed by atoms with Gasteiger partial charge in [-0.2, -0.15) is 5.26 Å². The predicted molar refractivity (Wildman–Crippen MR) is 81.7 cm³/mol. The van der Waals surface area contributed by atoms with E-state index < -0.39 is 23.9 Å². The molecule has 124 valence electrons. The number of methoxy groups -OCH3 is 1. The zero-order valence-electron chi connectivity index (χ0n) is 13.0. The summed E-state index contributed by atoms with van der Waals surface area (Å²) in [6.07, 6.45) is -0.0986. The fourth-order valence-corrected chi connectivity index (χ4v) is 2.07. The van der Waals surface area contributed by atoms with E-state index in [1.165, 1.54) is 37.6 Å². The normalized spacial score (nSPS) is 12.8. The van der Waals surface area contributed by atoms with Crippen LogP contribution in [-0.2, 0) is 9.53 Å². The number of nitrogens with zero attached hydrogens (tertiary/aromatic N) is 2. The maximum absolute atomic E-state index is 12.2. The lowest BCUT2D eigenvalue weighted by molar-refractivity contribution is -0.121. The molecule has 8 heteroatoms. The maximum Gasteiger partial charge on any atom is 0.337 e. The number of ether oxygens (including phenoxy) is 1. The fraction of sp³-hybridized carbons (Fsp3) is 0.250. The third-order valence-corrected chi connectivity index (χ3v) is 3.42. The number of nitriles is 1. The first-order chi connectivity index (χ1) is 11.5. The second kappa shape index (κ2) is 7.39. The number of aryl methyl sites for hydroxylation is 1. The molecule has 1 amide bonds. The summed E-state index contributed by atoms with van der Waals surface area (Å²) in [5.74, 6) is -2.20. The molecule has 2 unspecified atom stereocenters. The van der Waals surface area contributed by atoms with Crippen LogP contribution in [0.1, 0.15) is 27.8 Å². The molecule has 2 aromatic rings. The number of aliphatic hydroxyl groups excluding tert-OH is 1. The molecular formula is C16H15N3O5. The van der Waals surface area contributed by atoms with E-state index in [-0.39, 0.29) is 5.56 Å². The molecule has 2 rings (SSSR count). The topological polar surface area (TPSA) is 125 Å². The van der Waals surface area contributed by atoms with E-state index in [1.54, 1.807) is 13.0 Å². The quantitative estimate of drug-likeness (QED) is 0.798. The van der Waals surface area contributed by atoms with Gasteiger partial charge in [0, 0.05) is 11.3 Å². The molecule has 1 aromatic heterocycles. The number of hydrogen-bond donors (Lipinski definition) is 2. The average molecular weight is 329 g/mol. The Labute approximate surface area is 137 Å². The molecule has 1 aromatic carbocycles. The Kier molecular flexibility index (Phi) is 5.29. The average Bonchev–Trinajstić information content (AvgIpc) is 3.01. The molecule has 0 bridgehead atoms. The minimum Gasteiger partial charge on any atom is -0.465 e. The molecule has 24 heavy (non-hydrogen) atoms. The molecule has 2 atom stereocenters. The standard InChI is InChI=1S/C16H15N3O5/c1-9-13(8-18-24-9)14(20)12(7-17)15(21)19-11-5-3-10(4-6-11)16(22)23-2/h3-6,8,12,14,20H,1-2H3,(H,19,21). The van der Waals surface area contributed by atoms with Crippen molar-refractivity contribution in [3.05, 3.63) is 47.3 Å². The highest BCUT2D eigenvalue weighted by molar-refractivity contribution is 5.95. The van der Waals surface area contributed by atoms with Gasteiger partial charge in [0.05, 0.1) is 24.9 Å². The molecule has 0 saturated carbocycles. The van der Waals surface area contributed by atoms with Crippen LogP contribution in [0.15, 0.2) is 35.0 Å². The van der Waals surface area contributed by atoms with Crippen molar-refractivity contribution in [1.82, 2.24) is 5.16 Å². The number of carbonyl (C=O) groups excluding carboxylic acids is 2. The second-order valence-corrected chi connectivity index (χ2v) is 4.95. The van der Waals surface area contributed by atoms with Gasteiger partial charge < -0.3 is 19.7 Å². The van der Waals surface area contributed by atoms with Crippen molar-refractivity contribution in [2.45, 2.75) is 13.0 Å². The van der Waals surface area contributed by atoms with Gasteiger partial charge in [-0.05, 0) is 31.2 Å². The molecule has 0 aliphatic carbocycles. The van der Waals surface area contributed by atoms with Crippen molar-refractivity contribution in [2.24, 2.45) is 5.92 Å². The van der Waals surface area contributed by atoms with E-state index >= 15 is 0 Å². The summed E-state index contributed by atoms with van der Waals surface area (Å²) in [6.45, 7) is 1.57. The highest BCUT2D eigenvalue weighted by Crippen LogP contribution is 2.25. The summed E-state index contributed by atoms with van der Waals surface area (Å²) < 4.78 is 9.41. The Bertz CT molecular complexity index is 776. The van der Waals surface area contributed by atoms with Crippen molar-refractivity contribution in [2.75, 3.05) is 12.4 Å². The lowest BCUT2D eigenvalue weighted by Gasteiger charge is -2.15. The number of nitrogens with one attached hydrogen (secondary N) is 1. The number of anilines is 1. The molecule has 0 saturated heterocycles. The number of benzene rings is 1. The van der Waals surface area contributed by atoms with Crippen LogP contribution in [-0.4, -0.2) is 29.2 Å². The van der Waals surface area contributed by atoms with Crippen LogP contribution in [0, 0.1) is 24.2 Å². The number of aromatic nitrogens is 1. The minimum atomic E-state index is -1.37. The van der Waals surface area contributed by atoms with E-state index in [2.05, 4.69) is 15.2 Å². The van der Waals surface area contributed by atoms with Gasteiger partial charge in [-0.25, -0.2) is 4.79 Å². The molecule has 0 aliphatic heterocycles. The Morgan fingerprint density at radius 3 is 2.54 bits per heavy atom. The van der Waals surface area contributed by atoms with Gasteiger partial charge in [0.2, 0.25) is 5.91 Å². The number of esters is 1. The first kappa shape index (κ1) is 17.2. The zero-order chi connectivity index (χ0) is 17.7. The molecule has 0 fully saturated rings. The smallest absolute Gasteiger partial charge is 0.337 e. The molecular weight excluding hydrogens is 314 g/mol. The molecule has 0 radical (unpaired) electrons. The minimum absolute atomic E-state index is 0.276. The fourth-order valence-electron chi connectivity index (χ4n) is 2.07. The summed E-state index contributed by atoms with van der Waals surface area (Å²) in [4.78, 5) is 23.6. The van der Waals surface area contributed by atoms with Crippen LogP contribution < -0.4 is 5.32 Å². The van der Waals surface area contributed by atoms with Gasteiger partial charge in [-0.15, -0.1) is 0 Å². The lowest BCUT2D eigenvalue weighted by atomic mass is 9.97. The maximum atomic E-state index is 12.2. The number of rotatable bonds is 5. The zero-order valence-corrected chi connectivity index (χ0v) is 13.0. The Morgan fingerprint density at radius 1 is 1.38 bits per heavy atom. The monoisotopic (exact) mass is 329 g/mol. The van der Waals surface area contributed by atoms with Gasteiger partial charge in [0.1, 0.15) is 11.9 Å². The summed E-state index contributed by atoms with van der Waals surface area (Å²) in [5, 5.41) is 25.4. The van der Waals surface area contributed by atoms with Gasteiger partial charge in [0.15, 0.2) is 5.92 Å². The second-order valence-electron chi connectivity index (χ2n) is 4.95. The van der Waals surface area contributed by atoms with Crippen molar-refractivity contribution >= 4 is 17.6 Å². The van der Waals surface area contributed by atoms with E-state index in [1.807, 2.05) is 0 Å². The molecule has 2 N–H and O–H groups in total. The Morgan fingerprint density at radius 2 is 2.04 bits per heavy atom. The summed E-state index contributed by atoms with van der Waals surface area (Å²) in [7, 11) is 1.27. The van der Waals surface area contributed by atoms with Crippen LogP contribution in [0.3, 0.4) is 0 Å². The summed E-state index contributed by atoms with van der Waals surface area (Å²) in [6, 6.07) is 7.71. The van der Waals surface area contributed by atoms with Crippen LogP contribution in [0.4, 0.5) is 5.69 Å². The van der Waals surface area contributed by atoms with Crippen LogP contribution in [0.25, 0.3) is 0 Å². The largest absolute Gasteiger partial charge is 0.465 e. The number of hydrogen-bond acceptors (Lipinski definition) is 7. The van der Waals surface area contributed by atoms with E-state index in [0.29, 0.717) is 17.0 Å². The van der Waals surface area contributed by atoms with Crippen LogP contribution >= 0.6 is 0 Å². The third kappa shape index (κ3) is 3.59. The first-order valence-electron chi connectivity index (χ1n) is 6.96. The predicted octanol–water partition coefficient (Wildman–Crippen LogP) is 1.58. The third-order valence-electron chi connectivity index (χ3n) is 3.42. The van der Waals surface area contributed by atoms with E-state index in [9.17, 15) is 20.0 Å². The first-order valence-corrected chi connectivity index (χ1v) is 6.96. The highest BCUT2D eigenvalue weighted by Gasteiger charge is 2.30. The van der Waals surface area contributed by atoms with Crippen molar-refractivity contribution in [3.63, 3.8) is 0 Å². The molecule has 1 heterocycles. The Balaban J connectivity index is 2.11. The van der Waals surface area contributed by atoms with Gasteiger partial charge in [0.25, 0.3) is 0 Å². The summed E-state index contributed by atoms with van der Waals surface area (Å²) >= 11 is 0. The molecule has 0 aliphatic rings. The van der Waals surface area contributed by atoms with Crippen molar-refractivity contribution < 1.29 is 24.0 Å². The van der Waals surface area contributed by atoms with E-state index in [4.69, 9.17) is 4.52 Å². The SMILES string of the molecule is COC(=O)c1ccc(NC(=O)C(C#N)C(O)c2cnoc2C)cc1. The summed E-state index contributed by atoms with van der Waals surface area (Å²) in [5.41, 5.74) is 0.979. The Hall–Kier alpha value is -3.18.